The number of rotatable bonds is 2. The molecule has 0 fully saturated rings. The number of nitrogens with zero attached hydrogens (tertiary/aromatic N) is 2. The van der Waals surface area contributed by atoms with E-state index in [0.29, 0.717) is 16.1 Å². The highest BCUT2D eigenvalue weighted by molar-refractivity contribution is 6.35. The maximum absolute atomic E-state index is 10.7. The molecule has 0 aliphatic rings. The number of carboxylic acids is 1. The number of fused-ring (bicyclic) bond motifs is 1. The SMILES string of the molecule is O=C(O)C(O)c1ccc(Cl)c2nccnc12. The van der Waals surface area contributed by atoms with Gasteiger partial charge in [0, 0.05) is 18.0 Å². The smallest absolute Gasteiger partial charge is 0.337 e. The molecule has 0 bridgehead atoms. The maximum Gasteiger partial charge on any atom is 0.337 e. The highest BCUT2D eigenvalue weighted by atomic mass is 35.5. The molecule has 16 heavy (non-hydrogen) atoms. The molecule has 0 radical (unpaired) electrons. The number of carbonyl (C=O) groups is 1. The van der Waals surface area contributed by atoms with Gasteiger partial charge in [0.2, 0.25) is 0 Å². The monoisotopic (exact) mass is 238 g/mol. The van der Waals surface area contributed by atoms with Gasteiger partial charge in [-0.05, 0) is 6.07 Å². The van der Waals surface area contributed by atoms with E-state index in [1.54, 1.807) is 0 Å². The van der Waals surface area contributed by atoms with Gasteiger partial charge >= 0.3 is 5.97 Å². The van der Waals surface area contributed by atoms with Gasteiger partial charge in [-0.15, -0.1) is 0 Å². The second-order valence-corrected chi connectivity index (χ2v) is 3.54. The van der Waals surface area contributed by atoms with Crippen molar-refractivity contribution in [3.8, 4) is 0 Å². The molecule has 1 unspecified atom stereocenters. The quantitative estimate of drug-likeness (QED) is 0.826. The summed E-state index contributed by atoms with van der Waals surface area (Å²) in [6.45, 7) is 0. The molecule has 2 rings (SSSR count). The Morgan fingerprint density at radius 2 is 1.88 bits per heavy atom. The third-order valence-corrected chi connectivity index (χ3v) is 2.44. The van der Waals surface area contributed by atoms with Crippen LogP contribution in [0.3, 0.4) is 0 Å². The van der Waals surface area contributed by atoms with E-state index in [0.717, 1.165) is 0 Å². The minimum absolute atomic E-state index is 0.181. The number of aliphatic hydroxyl groups excluding tert-OH is 1. The summed E-state index contributed by atoms with van der Waals surface area (Å²) in [5, 5.41) is 18.6. The van der Waals surface area contributed by atoms with Gasteiger partial charge in [-0.1, -0.05) is 17.7 Å². The second-order valence-electron chi connectivity index (χ2n) is 3.13. The first kappa shape index (κ1) is 10.8. The lowest BCUT2D eigenvalue weighted by atomic mass is 10.1. The zero-order chi connectivity index (χ0) is 11.7. The van der Waals surface area contributed by atoms with Crippen LogP contribution in [0.4, 0.5) is 0 Å². The Morgan fingerprint density at radius 3 is 2.50 bits per heavy atom. The lowest BCUT2D eigenvalue weighted by Gasteiger charge is -2.08. The van der Waals surface area contributed by atoms with E-state index in [-0.39, 0.29) is 5.56 Å². The molecule has 5 nitrogen and oxygen atoms in total. The van der Waals surface area contributed by atoms with Gasteiger partial charge in [0.25, 0.3) is 0 Å². The van der Waals surface area contributed by atoms with Crippen molar-refractivity contribution < 1.29 is 15.0 Å². The summed E-state index contributed by atoms with van der Waals surface area (Å²) in [7, 11) is 0. The Kier molecular flexibility index (Phi) is 2.72. The molecule has 0 saturated carbocycles. The second kappa shape index (κ2) is 4.03. The van der Waals surface area contributed by atoms with Crippen LogP contribution < -0.4 is 0 Å². The number of benzene rings is 1. The number of aliphatic carboxylic acids is 1. The number of hydrogen-bond donors (Lipinski definition) is 2. The lowest BCUT2D eigenvalue weighted by molar-refractivity contribution is -0.146. The van der Waals surface area contributed by atoms with Crippen LogP contribution in [-0.2, 0) is 4.79 Å². The minimum atomic E-state index is -1.63. The topological polar surface area (TPSA) is 83.3 Å². The Hall–Kier alpha value is -1.72. The van der Waals surface area contributed by atoms with Crippen molar-refractivity contribution in [3.63, 3.8) is 0 Å². The molecule has 1 atom stereocenters. The average Bonchev–Trinajstić information content (AvgIpc) is 2.29. The van der Waals surface area contributed by atoms with E-state index in [4.69, 9.17) is 16.7 Å². The molecule has 82 valence electrons. The molecule has 0 amide bonds. The predicted molar refractivity (Wildman–Crippen MR) is 57.1 cm³/mol. The summed E-state index contributed by atoms with van der Waals surface area (Å²) in [4.78, 5) is 18.7. The van der Waals surface area contributed by atoms with Crippen molar-refractivity contribution in [2.75, 3.05) is 0 Å². The normalized spacial score (nSPS) is 12.6. The summed E-state index contributed by atoms with van der Waals surface area (Å²) in [5.74, 6) is -1.34. The largest absolute Gasteiger partial charge is 0.479 e. The number of hydrogen-bond acceptors (Lipinski definition) is 4. The average molecular weight is 239 g/mol. The number of halogens is 1. The van der Waals surface area contributed by atoms with Crippen molar-refractivity contribution in [1.82, 2.24) is 9.97 Å². The first-order valence-electron chi connectivity index (χ1n) is 4.41. The first-order valence-corrected chi connectivity index (χ1v) is 4.79. The molecule has 1 heterocycles. The molecule has 0 spiro atoms. The minimum Gasteiger partial charge on any atom is -0.479 e. The molecule has 2 N–H and O–H groups in total. The van der Waals surface area contributed by atoms with Crippen LogP contribution in [0.15, 0.2) is 24.5 Å². The number of aliphatic hydroxyl groups is 1. The van der Waals surface area contributed by atoms with Crippen LogP contribution >= 0.6 is 11.6 Å². The zero-order valence-corrected chi connectivity index (χ0v) is 8.72. The van der Waals surface area contributed by atoms with Crippen molar-refractivity contribution >= 4 is 28.6 Å². The zero-order valence-electron chi connectivity index (χ0n) is 7.96. The van der Waals surface area contributed by atoms with E-state index in [9.17, 15) is 9.90 Å². The summed E-state index contributed by atoms with van der Waals surface area (Å²) in [6, 6.07) is 2.91. The summed E-state index contributed by atoms with van der Waals surface area (Å²) >= 11 is 5.88. The Morgan fingerprint density at radius 1 is 1.25 bits per heavy atom. The fourth-order valence-electron chi connectivity index (χ4n) is 1.40. The fourth-order valence-corrected chi connectivity index (χ4v) is 1.60. The molecule has 0 aliphatic carbocycles. The van der Waals surface area contributed by atoms with Gasteiger partial charge in [0.1, 0.15) is 5.52 Å². The Bertz CT molecular complexity index is 559. The van der Waals surface area contributed by atoms with Crippen molar-refractivity contribution in [2.24, 2.45) is 0 Å². The lowest BCUT2D eigenvalue weighted by Crippen LogP contribution is -2.11. The molecular weight excluding hydrogens is 232 g/mol. The van der Waals surface area contributed by atoms with Crippen LogP contribution in [0.2, 0.25) is 5.02 Å². The highest BCUT2D eigenvalue weighted by Crippen LogP contribution is 2.26. The Labute approximate surface area is 95.3 Å². The van der Waals surface area contributed by atoms with Gasteiger partial charge in [0.15, 0.2) is 6.10 Å². The molecule has 6 heteroatoms. The summed E-state index contributed by atoms with van der Waals surface area (Å²) < 4.78 is 0. The van der Waals surface area contributed by atoms with Crippen LogP contribution in [0.25, 0.3) is 11.0 Å². The van der Waals surface area contributed by atoms with Gasteiger partial charge in [0.05, 0.1) is 10.5 Å². The van der Waals surface area contributed by atoms with E-state index in [2.05, 4.69) is 9.97 Å². The molecule has 2 aromatic rings. The van der Waals surface area contributed by atoms with Gasteiger partial charge in [-0.2, -0.15) is 0 Å². The number of aromatic nitrogens is 2. The predicted octanol–water partition coefficient (Wildman–Crippen LogP) is 1.40. The number of carboxylic acid groups (broad SMARTS) is 1. The first-order chi connectivity index (χ1) is 7.61. The summed E-state index contributed by atoms with van der Waals surface area (Å²) in [6.07, 6.45) is 1.23. The van der Waals surface area contributed by atoms with E-state index in [1.807, 2.05) is 0 Å². The van der Waals surface area contributed by atoms with Crippen molar-refractivity contribution in [2.45, 2.75) is 6.10 Å². The van der Waals surface area contributed by atoms with Gasteiger partial charge in [-0.25, -0.2) is 4.79 Å². The third-order valence-electron chi connectivity index (χ3n) is 2.14. The maximum atomic E-state index is 10.7. The van der Waals surface area contributed by atoms with Gasteiger partial charge < -0.3 is 10.2 Å². The van der Waals surface area contributed by atoms with Crippen LogP contribution in [0, 0.1) is 0 Å². The molecule has 1 aromatic carbocycles. The van der Waals surface area contributed by atoms with E-state index < -0.39 is 12.1 Å². The fraction of sp³-hybridized carbons (Fsp3) is 0.100. The van der Waals surface area contributed by atoms with E-state index >= 15 is 0 Å². The standard InChI is InChI=1S/C10H7ClN2O3/c11-6-2-1-5(9(14)10(15)16)7-8(6)13-4-3-12-7/h1-4,9,14H,(H,15,16). The highest BCUT2D eigenvalue weighted by Gasteiger charge is 2.20. The van der Waals surface area contributed by atoms with Crippen LogP contribution in [0.5, 0.6) is 0 Å². The third kappa shape index (κ3) is 1.70. The molecule has 0 aliphatic heterocycles. The summed E-state index contributed by atoms with van der Waals surface area (Å²) in [5.41, 5.74) is 0.854. The van der Waals surface area contributed by atoms with Gasteiger partial charge in [-0.3, -0.25) is 9.97 Å². The molecule has 1 aromatic heterocycles. The van der Waals surface area contributed by atoms with Crippen molar-refractivity contribution in [3.05, 3.63) is 35.1 Å². The molecular formula is C10H7ClN2O3. The van der Waals surface area contributed by atoms with Crippen LogP contribution in [-0.4, -0.2) is 26.2 Å². The van der Waals surface area contributed by atoms with E-state index in [1.165, 1.54) is 24.5 Å². The molecule has 0 saturated heterocycles. The van der Waals surface area contributed by atoms with Crippen molar-refractivity contribution in [1.29, 1.82) is 0 Å². The Balaban J connectivity index is 2.72. The van der Waals surface area contributed by atoms with Crippen LogP contribution in [0.1, 0.15) is 11.7 Å².